The van der Waals surface area contributed by atoms with Crippen LogP contribution < -0.4 is 0 Å². The van der Waals surface area contributed by atoms with Crippen molar-refractivity contribution in [1.82, 2.24) is 0 Å². The third-order valence-corrected chi connectivity index (χ3v) is 5.20. The Hall–Kier alpha value is -0.100. The van der Waals surface area contributed by atoms with Gasteiger partial charge in [-0.1, -0.05) is 31.9 Å². The number of alkyl halides is 2. The highest BCUT2D eigenvalue weighted by atomic mass is 79.9. The van der Waals surface area contributed by atoms with Crippen LogP contribution in [-0.2, 0) is 9.59 Å². The van der Waals surface area contributed by atoms with Crippen molar-refractivity contribution in [3.63, 3.8) is 0 Å². The van der Waals surface area contributed by atoms with Gasteiger partial charge in [-0.15, -0.1) is 0 Å². The third kappa shape index (κ3) is 2.48. The van der Waals surface area contributed by atoms with Crippen molar-refractivity contribution in [1.29, 1.82) is 0 Å². The van der Waals surface area contributed by atoms with Gasteiger partial charge >= 0.3 is 11.9 Å². The second-order valence-electron chi connectivity index (χ2n) is 3.39. The van der Waals surface area contributed by atoms with E-state index in [1.807, 2.05) is 0 Å². The van der Waals surface area contributed by atoms with Crippen LogP contribution in [0.1, 0.15) is 12.8 Å². The molecule has 6 heteroatoms. The van der Waals surface area contributed by atoms with Gasteiger partial charge in [0.25, 0.3) is 0 Å². The molecule has 0 aromatic carbocycles. The molecular formula is C8H10Br2O4. The van der Waals surface area contributed by atoms with Crippen molar-refractivity contribution in [3.05, 3.63) is 0 Å². The molecule has 0 saturated heterocycles. The van der Waals surface area contributed by atoms with Crippen molar-refractivity contribution >= 4 is 43.8 Å². The normalized spacial score (nSPS) is 37.9. The Labute approximate surface area is 97.9 Å². The maximum Gasteiger partial charge on any atom is 0.307 e. The number of aliphatic carboxylic acids is 2. The molecule has 80 valence electrons. The molecule has 1 fully saturated rings. The minimum atomic E-state index is -1.03. The molecule has 0 radical (unpaired) electrons. The van der Waals surface area contributed by atoms with Crippen LogP contribution in [0.25, 0.3) is 0 Å². The summed E-state index contributed by atoms with van der Waals surface area (Å²) in [6, 6.07) is 0. The Kier molecular flexibility index (Phi) is 3.94. The van der Waals surface area contributed by atoms with Gasteiger partial charge in [-0.05, 0) is 12.8 Å². The summed E-state index contributed by atoms with van der Waals surface area (Å²) >= 11 is 6.67. The molecule has 0 spiro atoms. The molecule has 4 atom stereocenters. The van der Waals surface area contributed by atoms with Gasteiger partial charge < -0.3 is 10.2 Å². The molecule has 0 aromatic rings. The molecule has 0 amide bonds. The number of carboxylic acid groups (broad SMARTS) is 2. The first kappa shape index (κ1) is 12.0. The van der Waals surface area contributed by atoms with Gasteiger partial charge in [0.1, 0.15) is 0 Å². The van der Waals surface area contributed by atoms with Gasteiger partial charge in [-0.25, -0.2) is 0 Å². The second-order valence-corrected chi connectivity index (χ2v) is 5.75. The van der Waals surface area contributed by atoms with Crippen molar-refractivity contribution in [2.75, 3.05) is 0 Å². The lowest BCUT2D eigenvalue weighted by molar-refractivity contribution is -0.155. The number of hydrogen-bond donors (Lipinski definition) is 2. The lowest BCUT2D eigenvalue weighted by atomic mass is 9.79. The highest BCUT2D eigenvalue weighted by molar-refractivity contribution is 9.12. The fourth-order valence-electron chi connectivity index (χ4n) is 1.65. The van der Waals surface area contributed by atoms with Gasteiger partial charge in [0.2, 0.25) is 0 Å². The van der Waals surface area contributed by atoms with E-state index in [2.05, 4.69) is 31.9 Å². The monoisotopic (exact) mass is 328 g/mol. The predicted molar refractivity (Wildman–Crippen MR) is 56.9 cm³/mol. The molecule has 0 heterocycles. The second kappa shape index (κ2) is 4.61. The fourth-order valence-corrected chi connectivity index (χ4v) is 2.89. The maximum atomic E-state index is 10.8. The zero-order chi connectivity index (χ0) is 10.9. The highest BCUT2D eigenvalue weighted by Gasteiger charge is 2.42. The van der Waals surface area contributed by atoms with Gasteiger partial charge in [-0.3, -0.25) is 9.59 Å². The minimum Gasteiger partial charge on any atom is -0.481 e. The van der Waals surface area contributed by atoms with E-state index in [-0.39, 0.29) is 9.65 Å². The van der Waals surface area contributed by atoms with E-state index in [1.165, 1.54) is 0 Å². The minimum absolute atomic E-state index is 0.0270. The average Bonchev–Trinajstić information content (AvgIpc) is 2.08. The molecule has 0 unspecified atom stereocenters. The topological polar surface area (TPSA) is 74.6 Å². The van der Waals surface area contributed by atoms with Crippen molar-refractivity contribution in [2.45, 2.75) is 22.5 Å². The summed E-state index contributed by atoms with van der Waals surface area (Å²) in [6.07, 6.45) is 0.699. The van der Waals surface area contributed by atoms with E-state index in [4.69, 9.17) is 10.2 Å². The Morgan fingerprint density at radius 1 is 0.929 bits per heavy atom. The molecule has 0 bridgehead atoms. The summed E-state index contributed by atoms with van der Waals surface area (Å²) < 4.78 is 0. The summed E-state index contributed by atoms with van der Waals surface area (Å²) in [6.45, 7) is 0. The van der Waals surface area contributed by atoms with E-state index >= 15 is 0 Å². The Morgan fingerprint density at radius 2 is 1.21 bits per heavy atom. The summed E-state index contributed by atoms with van der Waals surface area (Å²) in [5.74, 6) is -3.63. The number of halogens is 2. The first-order valence-electron chi connectivity index (χ1n) is 4.17. The van der Waals surface area contributed by atoms with E-state index in [9.17, 15) is 9.59 Å². The van der Waals surface area contributed by atoms with Gasteiger partial charge in [0.15, 0.2) is 0 Å². The predicted octanol–water partition coefficient (Wildman–Crippen LogP) is 1.71. The zero-order valence-corrected chi connectivity index (χ0v) is 10.4. The number of carboxylic acids is 2. The van der Waals surface area contributed by atoms with Crippen LogP contribution in [0, 0.1) is 11.8 Å². The third-order valence-electron chi connectivity index (χ3n) is 2.47. The fraction of sp³-hybridized carbons (Fsp3) is 0.750. The molecule has 0 aromatic heterocycles. The molecule has 0 aliphatic heterocycles. The summed E-state index contributed by atoms with van der Waals surface area (Å²) in [5.41, 5.74) is 0. The SMILES string of the molecule is O=C(O)[C@H]1C[C@@H](Br)[C@@H](Br)C[C@H]1C(=O)O. The molecular weight excluding hydrogens is 320 g/mol. The quantitative estimate of drug-likeness (QED) is 0.756. The summed E-state index contributed by atoms with van der Waals surface area (Å²) in [7, 11) is 0. The summed E-state index contributed by atoms with van der Waals surface area (Å²) in [4.78, 5) is 21.7. The first-order valence-corrected chi connectivity index (χ1v) is 6.00. The molecule has 1 rings (SSSR count). The van der Waals surface area contributed by atoms with Crippen LogP contribution in [0.2, 0.25) is 0 Å². The number of hydrogen-bond acceptors (Lipinski definition) is 2. The average molecular weight is 330 g/mol. The lowest BCUT2D eigenvalue weighted by Crippen LogP contribution is -2.40. The standard InChI is InChI=1S/C8H10Br2O4/c9-5-1-3(7(11)12)4(8(13)14)2-6(5)10/h3-6H,1-2H2,(H,11,12)(H,13,14)/t3-,4+,5+,6-. The molecule has 2 N–H and O–H groups in total. The largest absolute Gasteiger partial charge is 0.481 e. The van der Waals surface area contributed by atoms with Gasteiger partial charge in [-0.2, -0.15) is 0 Å². The molecule has 1 aliphatic rings. The molecule has 4 nitrogen and oxygen atoms in total. The highest BCUT2D eigenvalue weighted by Crippen LogP contribution is 2.37. The van der Waals surface area contributed by atoms with E-state index < -0.39 is 23.8 Å². The maximum absolute atomic E-state index is 10.8. The van der Waals surface area contributed by atoms with Crippen molar-refractivity contribution in [2.24, 2.45) is 11.8 Å². The molecule has 1 saturated carbocycles. The van der Waals surface area contributed by atoms with Gasteiger partial charge in [0, 0.05) is 9.65 Å². The molecule has 1 aliphatic carbocycles. The van der Waals surface area contributed by atoms with Crippen LogP contribution in [0.3, 0.4) is 0 Å². The van der Waals surface area contributed by atoms with Crippen molar-refractivity contribution < 1.29 is 19.8 Å². The summed E-state index contributed by atoms with van der Waals surface area (Å²) in [5, 5.41) is 17.7. The van der Waals surface area contributed by atoms with Gasteiger partial charge in [0.05, 0.1) is 11.8 Å². The molecule has 14 heavy (non-hydrogen) atoms. The van der Waals surface area contributed by atoms with Crippen LogP contribution in [-0.4, -0.2) is 31.8 Å². The number of carbonyl (C=O) groups is 2. The Bertz CT molecular complexity index is 230. The van der Waals surface area contributed by atoms with Crippen LogP contribution in [0.15, 0.2) is 0 Å². The van der Waals surface area contributed by atoms with Crippen LogP contribution >= 0.6 is 31.9 Å². The van der Waals surface area contributed by atoms with E-state index in [0.29, 0.717) is 12.8 Å². The van der Waals surface area contributed by atoms with E-state index in [1.54, 1.807) is 0 Å². The first-order chi connectivity index (χ1) is 6.43. The van der Waals surface area contributed by atoms with Crippen LogP contribution in [0.5, 0.6) is 0 Å². The van der Waals surface area contributed by atoms with E-state index in [0.717, 1.165) is 0 Å². The number of rotatable bonds is 2. The lowest BCUT2D eigenvalue weighted by Gasteiger charge is -2.32. The Morgan fingerprint density at radius 3 is 1.43 bits per heavy atom. The smallest absolute Gasteiger partial charge is 0.307 e. The zero-order valence-electron chi connectivity index (χ0n) is 7.19. The van der Waals surface area contributed by atoms with Crippen molar-refractivity contribution in [3.8, 4) is 0 Å². The Balaban J connectivity index is 2.80. The van der Waals surface area contributed by atoms with Crippen LogP contribution in [0.4, 0.5) is 0 Å².